The van der Waals surface area contributed by atoms with E-state index in [9.17, 15) is 19.5 Å². The summed E-state index contributed by atoms with van der Waals surface area (Å²) in [6.45, 7) is 0. The van der Waals surface area contributed by atoms with Crippen LogP contribution in [0.1, 0.15) is 31.1 Å². The van der Waals surface area contributed by atoms with Crippen LogP contribution in [0, 0.1) is 0 Å². The minimum Gasteiger partial charge on any atom is -1.00 e. The molecule has 0 spiro atoms. The second-order valence-electron chi connectivity index (χ2n) is 12.6. The average molecular weight is 846 g/mol. The minimum absolute atomic E-state index is 0. The number of ether oxygens (including phenoxy) is 1. The molecule has 0 aromatic heterocycles. The van der Waals surface area contributed by atoms with Crippen molar-refractivity contribution in [2.24, 2.45) is 0 Å². The van der Waals surface area contributed by atoms with Crippen LogP contribution < -0.4 is 32.1 Å². The van der Waals surface area contributed by atoms with E-state index in [4.69, 9.17) is 55.9 Å². The number of aromatic hydroxyl groups is 1. The van der Waals surface area contributed by atoms with Crippen molar-refractivity contribution in [3.05, 3.63) is 127 Å². The molecule has 0 unspecified atom stereocenters. The number of hydrogen-bond donors (Lipinski definition) is 2. The number of rotatable bonds is 4. The predicted molar refractivity (Wildman–Crippen MR) is 215 cm³/mol. The van der Waals surface area contributed by atoms with Crippen molar-refractivity contribution < 1.29 is 46.2 Å². The Morgan fingerprint density at radius 2 is 1.22 bits per heavy atom. The average Bonchev–Trinajstić information content (AvgIpc) is 3.39. The third-order valence-corrected chi connectivity index (χ3v) is 9.76. The lowest BCUT2D eigenvalue weighted by Crippen LogP contribution is -3.00. The summed E-state index contributed by atoms with van der Waals surface area (Å²) in [5.74, 6) is -1.49. The molecular formula is C40H34Cl5N3O7. The molecule has 10 nitrogen and oxygen atoms in total. The van der Waals surface area contributed by atoms with E-state index in [2.05, 4.69) is 4.74 Å². The number of carboxylic acids is 1. The monoisotopic (exact) mass is 843 g/mol. The maximum atomic E-state index is 12.1. The topological polar surface area (TPSA) is 124 Å². The van der Waals surface area contributed by atoms with Gasteiger partial charge < -0.3 is 41.6 Å². The summed E-state index contributed by atoms with van der Waals surface area (Å²) in [7, 11) is 11.7. The number of phenols is 1. The first kappa shape index (κ1) is 42.8. The molecule has 0 atom stereocenters. The molecule has 0 saturated heterocycles. The number of cyclic esters (lactones) is 2. The molecule has 7 rings (SSSR count). The van der Waals surface area contributed by atoms with Gasteiger partial charge in [-0.15, -0.1) is 0 Å². The standard InChI is InChI=1S/C24H20Cl2N2O3.C8H2Cl2O3.C8H11NO.ClH/c1-27(2)13-5-7-15-21(9-13)31-22-10-14(28(3)4)6-8-16(22)23(15)17-11-19(25)20(26)12-18(17)24(29)30;9-5-1-3-4(2-6(5)10)8(12)13-7(3)11;1-9(2)7-4-3-5-8(10)6-7;/h5-12H,1-4H3;1-2H;3-6,10H,1-2H3;1H. The molecule has 0 radical (unpaired) electrons. The number of carbonyl (C=O) groups excluding carboxylic acids is 2. The minimum atomic E-state index is -1.08. The molecule has 3 aliphatic rings. The molecule has 0 saturated carbocycles. The third kappa shape index (κ3) is 9.47. The lowest BCUT2D eigenvalue weighted by Gasteiger charge is -2.19. The largest absolute Gasteiger partial charge is 1.00 e. The fourth-order valence-electron chi connectivity index (χ4n) is 5.49. The molecule has 4 aromatic carbocycles. The number of fused-ring (bicyclic) bond motifs is 3. The zero-order chi connectivity index (χ0) is 39.6. The van der Waals surface area contributed by atoms with Gasteiger partial charge in [0.2, 0.25) is 5.36 Å². The summed E-state index contributed by atoms with van der Waals surface area (Å²) < 4.78 is 12.6. The Morgan fingerprint density at radius 3 is 1.73 bits per heavy atom. The zero-order valence-electron chi connectivity index (χ0n) is 30.3. The van der Waals surface area contributed by atoms with Crippen molar-refractivity contribution in [3.8, 4) is 28.2 Å². The number of nitrogens with zero attached hydrogens (tertiary/aromatic N) is 3. The van der Waals surface area contributed by atoms with E-state index in [1.54, 1.807) is 18.2 Å². The molecule has 2 N–H and O–H groups in total. The Bertz CT molecular complexity index is 2460. The summed E-state index contributed by atoms with van der Waals surface area (Å²) >= 11 is 23.8. The quantitative estimate of drug-likeness (QED) is 0.0943. The van der Waals surface area contributed by atoms with Gasteiger partial charge in [0.15, 0.2) is 0 Å². The van der Waals surface area contributed by atoms with Crippen molar-refractivity contribution in [2.45, 2.75) is 0 Å². The van der Waals surface area contributed by atoms with Gasteiger partial charge in [-0.2, -0.15) is 0 Å². The first-order chi connectivity index (χ1) is 25.5. The molecule has 4 aromatic rings. The van der Waals surface area contributed by atoms with E-state index in [1.165, 1.54) is 18.2 Å². The smallest absolute Gasteiger partial charge is 0.346 e. The molecular weight excluding hydrogens is 812 g/mol. The van der Waals surface area contributed by atoms with Crippen LogP contribution >= 0.6 is 46.4 Å². The van der Waals surface area contributed by atoms with E-state index in [0.717, 1.165) is 33.2 Å². The van der Waals surface area contributed by atoms with E-state index < -0.39 is 17.9 Å². The van der Waals surface area contributed by atoms with Crippen molar-refractivity contribution in [1.29, 1.82) is 0 Å². The van der Waals surface area contributed by atoms with Crippen molar-refractivity contribution >= 4 is 86.7 Å². The number of aromatic carboxylic acids is 1. The van der Waals surface area contributed by atoms with Crippen LogP contribution in [0.5, 0.6) is 5.75 Å². The number of benzene rings is 5. The molecule has 2 aliphatic heterocycles. The van der Waals surface area contributed by atoms with Gasteiger partial charge in [-0.05, 0) is 60.2 Å². The number of hydrogen-bond acceptors (Lipinski definition) is 8. The molecule has 15 heteroatoms. The van der Waals surface area contributed by atoms with Crippen LogP contribution in [0.25, 0.3) is 33.4 Å². The highest BCUT2D eigenvalue weighted by atomic mass is 35.5. The number of carbonyl (C=O) groups is 3. The summed E-state index contributed by atoms with van der Waals surface area (Å²) in [5, 5.41) is 21.6. The van der Waals surface area contributed by atoms with Crippen LogP contribution in [-0.2, 0) is 4.74 Å². The SMILES string of the molecule is CN(C)c1ccc2c(-c3cc(Cl)c(Cl)cc3C(=O)O)c3ccc(=[N+](C)C)cc-3oc2c1.CN(C)c1cccc(O)c1.O=C1OC(=O)c2cc(Cl)c(Cl)cc21.[Cl-]. The number of carboxylic acid groups (broad SMARTS) is 1. The molecule has 286 valence electrons. The number of phenolic OH excluding ortho intramolecular Hbond substituents is 1. The second kappa shape index (κ2) is 17.7. The van der Waals surface area contributed by atoms with Gasteiger partial charge in [0, 0.05) is 74.3 Å². The molecule has 0 amide bonds. The molecule has 2 heterocycles. The van der Waals surface area contributed by atoms with Crippen LogP contribution in [-0.4, -0.2) is 70.4 Å². The van der Waals surface area contributed by atoms with Crippen LogP contribution in [0.4, 0.5) is 11.4 Å². The van der Waals surface area contributed by atoms with Gasteiger partial charge in [-0.3, -0.25) is 0 Å². The van der Waals surface area contributed by atoms with Crippen molar-refractivity contribution in [2.75, 3.05) is 52.1 Å². The molecule has 55 heavy (non-hydrogen) atoms. The van der Waals surface area contributed by atoms with Gasteiger partial charge in [0.05, 0.1) is 42.8 Å². The second-order valence-corrected chi connectivity index (χ2v) is 14.3. The Labute approximate surface area is 343 Å². The fraction of sp³-hybridized carbons (Fsp3) is 0.150. The Balaban J connectivity index is 0.000000229. The summed E-state index contributed by atoms with van der Waals surface area (Å²) in [6, 6.07) is 24.5. The molecule has 0 fully saturated rings. The van der Waals surface area contributed by atoms with Gasteiger partial charge >= 0.3 is 17.9 Å². The van der Waals surface area contributed by atoms with Crippen molar-refractivity contribution in [1.82, 2.24) is 4.58 Å². The summed E-state index contributed by atoms with van der Waals surface area (Å²) in [4.78, 5) is 38.0. The first-order valence-electron chi connectivity index (χ1n) is 16.1. The Morgan fingerprint density at radius 1 is 0.673 bits per heavy atom. The van der Waals surface area contributed by atoms with Crippen LogP contribution in [0.2, 0.25) is 20.1 Å². The summed E-state index contributed by atoms with van der Waals surface area (Å²) in [5.41, 5.74) is 5.06. The van der Waals surface area contributed by atoms with E-state index in [-0.39, 0.29) is 44.2 Å². The highest BCUT2D eigenvalue weighted by molar-refractivity contribution is 6.43. The molecule has 0 bridgehead atoms. The van der Waals surface area contributed by atoms with E-state index in [1.807, 2.05) is 105 Å². The van der Waals surface area contributed by atoms with Crippen LogP contribution in [0.3, 0.4) is 0 Å². The van der Waals surface area contributed by atoms with Gasteiger partial charge in [-0.25, -0.2) is 19.0 Å². The van der Waals surface area contributed by atoms with E-state index in [0.29, 0.717) is 27.7 Å². The normalized spacial score (nSPS) is 11.4. The molecule has 1 aliphatic carbocycles. The Hall–Kier alpha value is -4.97. The number of esters is 2. The number of anilines is 2. The van der Waals surface area contributed by atoms with Gasteiger partial charge in [0.25, 0.3) is 0 Å². The highest BCUT2D eigenvalue weighted by Gasteiger charge is 2.30. The third-order valence-electron chi connectivity index (χ3n) is 8.31. The lowest BCUT2D eigenvalue weighted by atomic mass is 9.90. The maximum Gasteiger partial charge on any atom is 0.346 e. The predicted octanol–water partition coefficient (Wildman–Crippen LogP) is 6.07. The maximum absolute atomic E-state index is 12.1. The van der Waals surface area contributed by atoms with Gasteiger partial charge in [0.1, 0.15) is 31.2 Å². The number of halogens is 5. The fourth-order valence-corrected chi connectivity index (χ4v) is 6.15. The first-order valence-corrected chi connectivity index (χ1v) is 17.6. The van der Waals surface area contributed by atoms with Crippen molar-refractivity contribution in [3.63, 3.8) is 0 Å². The van der Waals surface area contributed by atoms with E-state index >= 15 is 0 Å². The lowest BCUT2D eigenvalue weighted by molar-refractivity contribution is -0.0000657. The van der Waals surface area contributed by atoms with Gasteiger partial charge in [-0.1, -0.05) is 52.5 Å². The zero-order valence-corrected chi connectivity index (χ0v) is 34.0. The Kier molecular flexibility index (Phi) is 13.7. The summed E-state index contributed by atoms with van der Waals surface area (Å²) in [6.07, 6.45) is 0. The van der Waals surface area contributed by atoms with Crippen LogP contribution in [0.15, 0.2) is 89.3 Å². The highest BCUT2D eigenvalue weighted by Crippen LogP contribution is 2.44.